The maximum atomic E-state index is 11.7. The minimum atomic E-state index is -0.755. The largest absolute Gasteiger partial charge is 0.388 e. The molecule has 1 rings (SSSR count). The van der Waals surface area contributed by atoms with Crippen molar-refractivity contribution in [3.8, 4) is 0 Å². The molecular weight excluding hydrogens is 230 g/mol. The van der Waals surface area contributed by atoms with Gasteiger partial charge in [-0.1, -0.05) is 6.92 Å². The van der Waals surface area contributed by atoms with Gasteiger partial charge >= 0.3 is 0 Å². The molecule has 100 valence electrons. The Balaban J connectivity index is 2.74. The number of carbonyl (C=O) groups excluding carboxylic acids is 1. The summed E-state index contributed by atoms with van der Waals surface area (Å²) in [5.41, 5.74) is 0.416. The van der Waals surface area contributed by atoms with E-state index in [0.29, 0.717) is 18.7 Å². The second-order valence-corrected chi connectivity index (χ2v) is 4.83. The molecule has 0 radical (unpaired) electrons. The van der Waals surface area contributed by atoms with Gasteiger partial charge in [0.2, 0.25) is 0 Å². The molecule has 0 bridgehead atoms. The van der Waals surface area contributed by atoms with E-state index in [-0.39, 0.29) is 5.91 Å². The lowest BCUT2D eigenvalue weighted by atomic mass is 10.0. The Morgan fingerprint density at radius 1 is 1.56 bits per heavy atom. The minimum absolute atomic E-state index is 0.138. The zero-order valence-corrected chi connectivity index (χ0v) is 11.4. The molecule has 0 aliphatic carbocycles. The minimum Gasteiger partial charge on any atom is -0.388 e. The highest BCUT2D eigenvalue weighted by Crippen LogP contribution is 2.13. The Morgan fingerprint density at radius 3 is 2.78 bits per heavy atom. The lowest BCUT2D eigenvalue weighted by Gasteiger charge is -2.22. The summed E-state index contributed by atoms with van der Waals surface area (Å²) in [6, 6.07) is 3.46. The van der Waals surface area contributed by atoms with Crippen LogP contribution >= 0.6 is 0 Å². The van der Waals surface area contributed by atoms with Gasteiger partial charge in [-0.15, -0.1) is 0 Å². The second-order valence-electron chi connectivity index (χ2n) is 4.83. The number of hydrogen-bond donors (Lipinski definition) is 2. The third-order valence-electron chi connectivity index (χ3n) is 2.82. The Kier molecular flexibility index (Phi) is 4.67. The highest BCUT2D eigenvalue weighted by Gasteiger charge is 2.17. The molecule has 5 heteroatoms. The summed E-state index contributed by atoms with van der Waals surface area (Å²) >= 11 is 0. The van der Waals surface area contributed by atoms with E-state index in [2.05, 4.69) is 10.3 Å². The molecule has 0 aliphatic rings. The first-order valence-corrected chi connectivity index (χ1v) is 5.99. The van der Waals surface area contributed by atoms with Gasteiger partial charge in [0.1, 0.15) is 5.69 Å². The van der Waals surface area contributed by atoms with E-state index in [1.807, 2.05) is 6.92 Å². The van der Waals surface area contributed by atoms with Crippen LogP contribution in [0.1, 0.15) is 30.8 Å². The Hall–Kier alpha value is -1.62. The highest BCUT2D eigenvalue weighted by atomic mass is 16.3. The van der Waals surface area contributed by atoms with Gasteiger partial charge in [-0.2, -0.15) is 0 Å². The van der Waals surface area contributed by atoms with Gasteiger partial charge in [0.05, 0.1) is 5.60 Å². The first kappa shape index (κ1) is 14.4. The SMILES string of the molecule is CCC(C)(O)CNc1ccnc(C(=O)N(C)C)c1. The molecule has 5 nitrogen and oxygen atoms in total. The van der Waals surface area contributed by atoms with Crippen molar-refractivity contribution in [3.05, 3.63) is 24.0 Å². The molecule has 18 heavy (non-hydrogen) atoms. The lowest BCUT2D eigenvalue weighted by molar-refractivity contribution is 0.0697. The van der Waals surface area contributed by atoms with E-state index < -0.39 is 5.60 Å². The van der Waals surface area contributed by atoms with Gasteiger partial charge in [-0.3, -0.25) is 9.78 Å². The van der Waals surface area contributed by atoms with Crippen molar-refractivity contribution in [1.29, 1.82) is 0 Å². The van der Waals surface area contributed by atoms with Gasteiger partial charge in [0, 0.05) is 32.5 Å². The summed E-state index contributed by atoms with van der Waals surface area (Å²) in [5, 5.41) is 13.0. The number of pyridine rings is 1. The molecule has 0 saturated carbocycles. The number of hydrogen-bond acceptors (Lipinski definition) is 4. The van der Waals surface area contributed by atoms with E-state index in [1.165, 1.54) is 4.90 Å². The average molecular weight is 251 g/mol. The summed E-state index contributed by atoms with van der Waals surface area (Å²) < 4.78 is 0. The van der Waals surface area contributed by atoms with Crippen LogP contribution in [0, 0.1) is 0 Å². The predicted octanol–water partition coefficient (Wildman–Crippen LogP) is 1.36. The molecule has 1 amide bonds. The molecule has 2 N–H and O–H groups in total. The second kappa shape index (κ2) is 5.82. The van der Waals surface area contributed by atoms with Crippen molar-refractivity contribution in [3.63, 3.8) is 0 Å². The molecule has 1 heterocycles. The maximum Gasteiger partial charge on any atom is 0.272 e. The van der Waals surface area contributed by atoms with Gasteiger partial charge in [-0.25, -0.2) is 0 Å². The van der Waals surface area contributed by atoms with Crippen LogP contribution < -0.4 is 5.32 Å². The summed E-state index contributed by atoms with van der Waals surface area (Å²) in [5.74, 6) is -0.138. The molecule has 1 aromatic rings. The predicted molar refractivity (Wildman–Crippen MR) is 71.7 cm³/mol. The molecular formula is C13H21N3O2. The van der Waals surface area contributed by atoms with Gasteiger partial charge in [0.25, 0.3) is 5.91 Å². The smallest absolute Gasteiger partial charge is 0.272 e. The fourth-order valence-corrected chi connectivity index (χ4v) is 1.30. The Bertz CT molecular complexity index is 416. The van der Waals surface area contributed by atoms with E-state index in [9.17, 15) is 9.90 Å². The van der Waals surface area contributed by atoms with Gasteiger partial charge in [-0.05, 0) is 25.5 Å². The summed E-state index contributed by atoms with van der Waals surface area (Å²) in [4.78, 5) is 17.3. The molecule has 0 spiro atoms. The number of nitrogens with zero attached hydrogens (tertiary/aromatic N) is 2. The molecule has 1 unspecified atom stereocenters. The standard InChI is InChI=1S/C13H21N3O2/c1-5-13(2,18)9-15-10-6-7-14-11(8-10)12(17)16(3)4/h6-8,18H,5,9H2,1-4H3,(H,14,15). The van der Waals surface area contributed by atoms with Crippen LogP contribution in [0.15, 0.2) is 18.3 Å². The monoisotopic (exact) mass is 251 g/mol. The Labute approximate surface area is 108 Å². The topological polar surface area (TPSA) is 65.5 Å². The molecule has 0 aromatic carbocycles. The van der Waals surface area contributed by atoms with Crippen molar-refractivity contribution in [2.45, 2.75) is 25.9 Å². The number of anilines is 1. The number of aliphatic hydroxyl groups is 1. The van der Waals surface area contributed by atoms with Crippen molar-refractivity contribution >= 4 is 11.6 Å². The van der Waals surface area contributed by atoms with E-state index >= 15 is 0 Å². The fourth-order valence-electron chi connectivity index (χ4n) is 1.30. The molecule has 0 aliphatic heterocycles. The van der Waals surface area contributed by atoms with Crippen LogP contribution in [0.3, 0.4) is 0 Å². The van der Waals surface area contributed by atoms with Crippen molar-refractivity contribution in [2.24, 2.45) is 0 Å². The zero-order chi connectivity index (χ0) is 13.8. The number of aromatic nitrogens is 1. The third-order valence-corrected chi connectivity index (χ3v) is 2.82. The number of rotatable bonds is 5. The number of nitrogens with one attached hydrogen (secondary N) is 1. The fraction of sp³-hybridized carbons (Fsp3) is 0.538. The normalized spacial score (nSPS) is 13.8. The molecule has 0 fully saturated rings. The maximum absolute atomic E-state index is 11.7. The summed E-state index contributed by atoms with van der Waals surface area (Å²) in [7, 11) is 3.37. The van der Waals surface area contributed by atoms with Crippen molar-refractivity contribution < 1.29 is 9.90 Å². The first-order valence-electron chi connectivity index (χ1n) is 5.99. The van der Waals surface area contributed by atoms with Crippen LogP contribution in [0.4, 0.5) is 5.69 Å². The molecule has 0 saturated heterocycles. The Morgan fingerprint density at radius 2 is 2.22 bits per heavy atom. The van der Waals surface area contributed by atoms with Crippen LogP contribution in [-0.2, 0) is 0 Å². The molecule has 1 atom stereocenters. The number of carbonyl (C=O) groups is 1. The average Bonchev–Trinajstić information content (AvgIpc) is 2.36. The van der Waals surface area contributed by atoms with Crippen LogP contribution in [0.5, 0.6) is 0 Å². The van der Waals surface area contributed by atoms with Crippen LogP contribution in [0.2, 0.25) is 0 Å². The lowest BCUT2D eigenvalue weighted by Crippen LogP contribution is -2.32. The van der Waals surface area contributed by atoms with Crippen LogP contribution in [-0.4, -0.2) is 47.1 Å². The highest BCUT2D eigenvalue weighted by molar-refractivity contribution is 5.92. The summed E-state index contributed by atoms with van der Waals surface area (Å²) in [6.07, 6.45) is 2.24. The first-order chi connectivity index (χ1) is 8.35. The van der Waals surface area contributed by atoms with Gasteiger partial charge in [0.15, 0.2) is 0 Å². The van der Waals surface area contributed by atoms with Crippen molar-refractivity contribution in [2.75, 3.05) is 26.0 Å². The molecule has 1 aromatic heterocycles. The number of amides is 1. The summed E-state index contributed by atoms with van der Waals surface area (Å²) in [6.45, 7) is 4.13. The van der Waals surface area contributed by atoms with E-state index in [1.54, 1.807) is 39.3 Å². The zero-order valence-electron chi connectivity index (χ0n) is 11.4. The van der Waals surface area contributed by atoms with Crippen molar-refractivity contribution in [1.82, 2.24) is 9.88 Å². The van der Waals surface area contributed by atoms with E-state index in [4.69, 9.17) is 0 Å². The van der Waals surface area contributed by atoms with Gasteiger partial charge < -0.3 is 15.3 Å². The quantitative estimate of drug-likeness (QED) is 0.829. The van der Waals surface area contributed by atoms with E-state index in [0.717, 1.165) is 5.69 Å². The third kappa shape index (κ3) is 4.00. The van der Waals surface area contributed by atoms with Crippen LogP contribution in [0.25, 0.3) is 0 Å².